The van der Waals surface area contributed by atoms with Crippen molar-refractivity contribution in [1.82, 2.24) is 0 Å². The van der Waals surface area contributed by atoms with Crippen LogP contribution in [0.25, 0.3) is 0 Å². The highest BCUT2D eigenvalue weighted by Crippen LogP contribution is 2.27. The van der Waals surface area contributed by atoms with Gasteiger partial charge in [0.25, 0.3) is 5.91 Å². The van der Waals surface area contributed by atoms with E-state index >= 15 is 0 Å². The van der Waals surface area contributed by atoms with Crippen molar-refractivity contribution in [3.05, 3.63) is 108 Å². The maximum absolute atomic E-state index is 13.1. The lowest BCUT2D eigenvalue weighted by atomic mass is 9.88. The zero-order chi connectivity index (χ0) is 24.2. The molecule has 0 saturated carbocycles. The van der Waals surface area contributed by atoms with E-state index in [4.69, 9.17) is 17.0 Å². The molecule has 0 spiro atoms. The molecule has 6 nitrogen and oxygen atoms in total. The van der Waals surface area contributed by atoms with Gasteiger partial charge in [0.05, 0.1) is 23.6 Å². The standard InChI is InChI=1S/C28H25N3O3/c1-18-8-9-19(2)25(16-18)30-28(34)24-17-26(22-6-4-5-7-23(22)27(24)33)29-20-10-12-21(13-11-20)31(3)14-15-32/h1,4-13,16-17,32H,14-15H2,2-3H3,(H,30,34). The summed E-state index contributed by atoms with van der Waals surface area (Å²) in [4.78, 5) is 32.9. The SMILES string of the molecule is [CH]c1ccc(C)c(NC(=O)C2=CC(=Nc3ccc(N(C)CCO)cc3)c3ccccc3C2=O)c1. The molecule has 2 N–H and O–H groups in total. The predicted molar refractivity (Wildman–Crippen MR) is 135 cm³/mol. The summed E-state index contributed by atoms with van der Waals surface area (Å²) in [5.41, 5.74) is 5.19. The molecule has 2 radical (unpaired) electrons. The van der Waals surface area contributed by atoms with Gasteiger partial charge in [-0.25, -0.2) is 4.99 Å². The van der Waals surface area contributed by atoms with Crippen LogP contribution in [0.4, 0.5) is 17.1 Å². The highest BCUT2D eigenvalue weighted by atomic mass is 16.3. The molecule has 1 aliphatic rings. The molecule has 0 heterocycles. The third-order valence-electron chi connectivity index (χ3n) is 5.70. The van der Waals surface area contributed by atoms with Gasteiger partial charge in [-0.3, -0.25) is 9.59 Å². The first-order chi connectivity index (χ1) is 16.4. The van der Waals surface area contributed by atoms with Crippen molar-refractivity contribution in [3.8, 4) is 0 Å². The molecule has 1 aliphatic carbocycles. The van der Waals surface area contributed by atoms with Crippen molar-refractivity contribution in [2.24, 2.45) is 4.99 Å². The Hall–Kier alpha value is -4.03. The number of amides is 1. The average Bonchev–Trinajstić information content (AvgIpc) is 2.83. The Morgan fingerprint density at radius 3 is 2.47 bits per heavy atom. The molecule has 170 valence electrons. The van der Waals surface area contributed by atoms with Gasteiger partial charge in [-0.2, -0.15) is 0 Å². The number of aryl methyl sites for hydroxylation is 1. The van der Waals surface area contributed by atoms with Gasteiger partial charge in [-0.1, -0.05) is 36.4 Å². The second kappa shape index (κ2) is 9.85. The number of carbonyl (C=O) groups is 2. The summed E-state index contributed by atoms with van der Waals surface area (Å²) in [7, 11) is 1.90. The third kappa shape index (κ3) is 4.82. The van der Waals surface area contributed by atoms with Gasteiger partial charge < -0.3 is 15.3 Å². The monoisotopic (exact) mass is 451 g/mol. The minimum absolute atomic E-state index is 0.0126. The number of Topliss-reactive ketones (excluding diaryl/α,β-unsaturated/α-hetero) is 1. The maximum atomic E-state index is 13.1. The van der Waals surface area contributed by atoms with Gasteiger partial charge >= 0.3 is 0 Å². The minimum atomic E-state index is -0.512. The van der Waals surface area contributed by atoms with Crippen molar-refractivity contribution in [2.45, 2.75) is 6.92 Å². The number of ketones is 1. The summed E-state index contributed by atoms with van der Waals surface area (Å²) >= 11 is 0. The number of rotatable bonds is 6. The largest absolute Gasteiger partial charge is 0.395 e. The van der Waals surface area contributed by atoms with Crippen molar-refractivity contribution in [1.29, 1.82) is 0 Å². The molecule has 1 amide bonds. The Morgan fingerprint density at radius 2 is 1.76 bits per heavy atom. The fourth-order valence-electron chi connectivity index (χ4n) is 3.75. The fraction of sp³-hybridized carbons (Fsp3) is 0.143. The molecule has 3 aromatic rings. The van der Waals surface area contributed by atoms with E-state index in [0.29, 0.717) is 40.3 Å². The summed E-state index contributed by atoms with van der Waals surface area (Å²) in [6.45, 7) is 8.31. The van der Waals surface area contributed by atoms with E-state index in [9.17, 15) is 9.59 Å². The fourth-order valence-corrected chi connectivity index (χ4v) is 3.75. The summed E-state index contributed by atoms with van der Waals surface area (Å²) in [6.07, 6.45) is 1.54. The molecule has 0 aliphatic heterocycles. The number of benzene rings is 3. The molecule has 34 heavy (non-hydrogen) atoms. The van der Waals surface area contributed by atoms with Crippen LogP contribution in [0.3, 0.4) is 0 Å². The van der Waals surface area contributed by atoms with E-state index < -0.39 is 5.91 Å². The lowest BCUT2D eigenvalue weighted by Gasteiger charge is -2.19. The topological polar surface area (TPSA) is 82.0 Å². The second-order valence-corrected chi connectivity index (χ2v) is 8.12. The molecule has 0 aromatic heterocycles. The number of fused-ring (bicyclic) bond motifs is 1. The second-order valence-electron chi connectivity index (χ2n) is 8.12. The summed E-state index contributed by atoms with van der Waals surface area (Å²) in [5, 5.41) is 11.9. The number of hydrogen-bond donors (Lipinski definition) is 2. The molecule has 0 saturated heterocycles. The number of nitrogens with zero attached hydrogens (tertiary/aromatic N) is 2. The number of aliphatic hydroxyl groups excluding tert-OH is 1. The molecule has 0 fully saturated rings. The van der Waals surface area contributed by atoms with Crippen LogP contribution < -0.4 is 10.2 Å². The lowest BCUT2D eigenvalue weighted by Crippen LogP contribution is -2.26. The van der Waals surface area contributed by atoms with Crippen molar-refractivity contribution in [3.63, 3.8) is 0 Å². The van der Waals surface area contributed by atoms with Gasteiger partial charge in [-0.15, -0.1) is 0 Å². The van der Waals surface area contributed by atoms with Crippen molar-refractivity contribution >= 4 is 34.5 Å². The predicted octanol–water partition coefficient (Wildman–Crippen LogP) is 4.36. The van der Waals surface area contributed by atoms with Crippen LogP contribution in [0.2, 0.25) is 0 Å². The highest BCUT2D eigenvalue weighted by Gasteiger charge is 2.28. The number of aliphatic hydroxyl groups is 1. The Kier molecular flexibility index (Phi) is 6.70. The van der Waals surface area contributed by atoms with Crippen LogP contribution in [0.1, 0.15) is 27.0 Å². The van der Waals surface area contributed by atoms with Gasteiger partial charge in [0.2, 0.25) is 0 Å². The van der Waals surface area contributed by atoms with Crippen LogP contribution >= 0.6 is 0 Å². The molecule has 0 bridgehead atoms. The molecular weight excluding hydrogens is 426 g/mol. The highest BCUT2D eigenvalue weighted by molar-refractivity contribution is 6.37. The van der Waals surface area contributed by atoms with E-state index in [2.05, 4.69) is 5.32 Å². The molecule has 3 aromatic carbocycles. The minimum Gasteiger partial charge on any atom is -0.395 e. The molecule has 6 heteroatoms. The summed E-state index contributed by atoms with van der Waals surface area (Å²) in [6, 6.07) is 19.9. The van der Waals surface area contributed by atoms with Crippen LogP contribution in [-0.4, -0.2) is 42.7 Å². The number of carbonyl (C=O) groups excluding carboxylic acids is 2. The quantitative estimate of drug-likeness (QED) is 0.546. The van der Waals surface area contributed by atoms with E-state index in [1.165, 1.54) is 6.08 Å². The van der Waals surface area contributed by atoms with E-state index in [1.54, 1.807) is 24.3 Å². The zero-order valence-electron chi connectivity index (χ0n) is 19.1. The van der Waals surface area contributed by atoms with Gasteiger partial charge in [0.1, 0.15) is 0 Å². The zero-order valence-corrected chi connectivity index (χ0v) is 19.1. The van der Waals surface area contributed by atoms with Gasteiger partial charge in [0, 0.05) is 36.1 Å². The Balaban J connectivity index is 1.70. The number of nitrogens with one attached hydrogen (secondary N) is 1. The van der Waals surface area contributed by atoms with Crippen LogP contribution in [-0.2, 0) is 4.79 Å². The van der Waals surface area contributed by atoms with Crippen LogP contribution in [0, 0.1) is 13.8 Å². The first-order valence-corrected chi connectivity index (χ1v) is 10.9. The van der Waals surface area contributed by atoms with Crippen molar-refractivity contribution < 1.29 is 14.7 Å². The maximum Gasteiger partial charge on any atom is 0.259 e. The molecular formula is C28H25N3O3. The first kappa shape index (κ1) is 23.1. The van der Waals surface area contributed by atoms with Gasteiger partial charge in [0.15, 0.2) is 5.78 Å². The van der Waals surface area contributed by atoms with E-state index in [1.807, 2.05) is 61.3 Å². The Bertz CT molecular complexity index is 1310. The molecule has 0 unspecified atom stereocenters. The lowest BCUT2D eigenvalue weighted by molar-refractivity contribution is -0.112. The van der Waals surface area contributed by atoms with Gasteiger partial charge in [-0.05, 0) is 61.4 Å². The third-order valence-corrected chi connectivity index (χ3v) is 5.70. The number of anilines is 2. The Labute approximate surface area is 199 Å². The molecule has 0 atom stereocenters. The summed E-state index contributed by atoms with van der Waals surface area (Å²) in [5.74, 6) is -0.864. The number of likely N-dealkylation sites (N-methyl/N-ethyl adjacent to an activating group) is 1. The number of allylic oxidation sites excluding steroid dienone is 1. The average molecular weight is 452 g/mol. The van der Waals surface area contributed by atoms with Crippen LogP contribution in [0.5, 0.6) is 0 Å². The van der Waals surface area contributed by atoms with Crippen molar-refractivity contribution in [2.75, 3.05) is 30.4 Å². The van der Waals surface area contributed by atoms with E-state index in [0.717, 1.165) is 11.3 Å². The smallest absolute Gasteiger partial charge is 0.259 e. The van der Waals surface area contributed by atoms with E-state index in [-0.39, 0.29) is 18.0 Å². The number of hydrogen-bond acceptors (Lipinski definition) is 5. The van der Waals surface area contributed by atoms with Crippen LogP contribution in [0.15, 0.2) is 83.4 Å². The number of aliphatic imine (C=N–C) groups is 1. The normalized spacial score (nSPS) is 13.9. The summed E-state index contributed by atoms with van der Waals surface area (Å²) < 4.78 is 0. The molecule has 4 rings (SSSR count). The first-order valence-electron chi connectivity index (χ1n) is 10.9. The Morgan fingerprint density at radius 1 is 1.06 bits per heavy atom.